The van der Waals surface area contributed by atoms with Crippen LogP contribution in [0.25, 0.3) is 103 Å². The number of fused-ring (bicyclic) bond motifs is 12. The highest BCUT2D eigenvalue weighted by atomic mass is 32.1. The normalized spacial score (nSPS) is 12.1. The summed E-state index contributed by atoms with van der Waals surface area (Å²) in [6.07, 6.45) is 0. The SMILES string of the molecule is c1ccc(-n2c3ccccc3c3cc(Oc4ccc5c(c4)c4ccccc4n5-c4ccc5sc6ccc(-n7c8ccccc8c8ccccc87)cc6c5c4)ccc32)cc1. The lowest BCUT2D eigenvalue weighted by atomic mass is 10.1. The first-order chi connectivity index (χ1) is 29.2. The van der Waals surface area contributed by atoms with Crippen LogP contribution in [-0.2, 0) is 0 Å². The minimum atomic E-state index is 0.809. The van der Waals surface area contributed by atoms with E-state index in [-0.39, 0.29) is 0 Å². The van der Waals surface area contributed by atoms with Gasteiger partial charge in [-0.3, -0.25) is 0 Å². The Balaban J connectivity index is 0.924. The average molecular weight is 772 g/mol. The highest BCUT2D eigenvalue weighted by molar-refractivity contribution is 7.25. The van der Waals surface area contributed by atoms with Gasteiger partial charge in [0.15, 0.2) is 0 Å². The van der Waals surface area contributed by atoms with E-state index >= 15 is 0 Å². The quantitative estimate of drug-likeness (QED) is 0.171. The average Bonchev–Trinajstić information content (AvgIpc) is 4.02. The molecule has 13 rings (SSSR count). The molecule has 59 heavy (non-hydrogen) atoms. The van der Waals surface area contributed by atoms with Gasteiger partial charge in [0.2, 0.25) is 0 Å². The zero-order valence-corrected chi connectivity index (χ0v) is 32.5. The molecule has 0 atom stereocenters. The van der Waals surface area contributed by atoms with Gasteiger partial charge in [0, 0.05) is 69.6 Å². The highest BCUT2D eigenvalue weighted by Crippen LogP contribution is 2.42. The van der Waals surface area contributed by atoms with Crippen LogP contribution >= 0.6 is 11.3 Å². The largest absolute Gasteiger partial charge is 0.457 e. The van der Waals surface area contributed by atoms with Crippen LogP contribution in [0.5, 0.6) is 11.5 Å². The Hall–Kier alpha value is -7.60. The van der Waals surface area contributed by atoms with Gasteiger partial charge in [-0.05, 0) is 109 Å². The molecule has 0 aliphatic carbocycles. The fourth-order valence-corrected chi connectivity index (χ4v) is 10.6. The van der Waals surface area contributed by atoms with E-state index in [0.717, 1.165) is 44.7 Å². The van der Waals surface area contributed by atoms with Crippen LogP contribution in [-0.4, -0.2) is 13.7 Å². The zero-order valence-electron chi connectivity index (χ0n) is 31.7. The highest BCUT2D eigenvalue weighted by Gasteiger charge is 2.18. The molecule has 4 heterocycles. The smallest absolute Gasteiger partial charge is 0.128 e. The molecule has 0 saturated carbocycles. The van der Waals surface area contributed by atoms with Crippen LogP contribution in [0.3, 0.4) is 0 Å². The first-order valence-corrected chi connectivity index (χ1v) is 20.8. The van der Waals surface area contributed by atoms with Gasteiger partial charge in [-0.15, -0.1) is 11.3 Å². The monoisotopic (exact) mass is 771 g/mol. The summed E-state index contributed by atoms with van der Waals surface area (Å²) in [6.45, 7) is 0. The molecule has 0 spiro atoms. The Morgan fingerprint density at radius 3 is 1.10 bits per heavy atom. The maximum absolute atomic E-state index is 6.69. The number of aromatic nitrogens is 3. The second kappa shape index (κ2) is 12.4. The molecule has 0 saturated heterocycles. The molecule has 0 aliphatic rings. The Morgan fingerprint density at radius 2 is 0.644 bits per heavy atom. The molecule has 4 aromatic heterocycles. The van der Waals surface area contributed by atoms with Crippen molar-refractivity contribution < 1.29 is 4.74 Å². The van der Waals surface area contributed by atoms with E-state index in [1.807, 2.05) is 11.3 Å². The van der Waals surface area contributed by atoms with Crippen LogP contribution in [0.1, 0.15) is 0 Å². The molecule has 0 amide bonds. The number of para-hydroxylation sites is 5. The molecule has 4 nitrogen and oxygen atoms in total. The zero-order chi connectivity index (χ0) is 38.6. The predicted octanol–water partition coefficient (Wildman–Crippen LogP) is 15.1. The number of rotatable bonds is 5. The molecular formula is C54H33N3OS. The topological polar surface area (TPSA) is 24.0 Å². The van der Waals surface area contributed by atoms with Gasteiger partial charge in [-0.2, -0.15) is 0 Å². The molecular weight excluding hydrogens is 739 g/mol. The number of benzene rings is 9. The summed E-state index contributed by atoms with van der Waals surface area (Å²) in [4.78, 5) is 0. The van der Waals surface area contributed by atoms with Crippen molar-refractivity contribution >= 4 is 96.9 Å². The van der Waals surface area contributed by atoms with Crippen molar-refractivity contribution in [3.05, 3.63) is 200 Å². The summed E-state index contributed by atoms with van der Waals surface area (Å²) in [5.41, 5.74) is 10.5. The number of nitrogens with zero attached hydrogens (tertiary/aromatic N) is 3. The van der Waals surface area contributed by atoms with Gasteiger partial charge in [-0.25, -0.2) is 0 Å². The van der Waals surface area contributed by atoms with Gasteiger partial charge < -0.3 is 18.4 Å². The van der Waals surface area contributed by atoms with Crippen LogP contribution in [0.2, 0.25) is 0 Å². The summed E-state index contributed by atoms with van der Waals surface area (Å²) >= 11 is 1.86. The van der Waals surface area contributed by atoms with Crippen molar-refractivity contribution in [3.8, 4) is 28.6 Å². The molecule has 5 heteroatoms. The number of hydrogen-bond donors (Lipinski definition) is 0. The van der Waals surface area contributed by atoms with Crippen LogP contribution in [0.15, 0.2) is 200 Å². The second-order valence-corrected chi connectivity index (χ2v) is 16.4. The predicted molar refractivity (Wildman–Crippen MR) is 249 cm³/mol. The van der Waals surface area contributed by atoms with E-state index in [1.54, 1.807) is 0 Å². The number of hydrogen-bond acceptors (Lipinski definition) is 2. The third kappa shape index (κ3) is 4.83. The van der Waals surface area contributed by atoms with E-state index in [0.29, 0.717) is 0 Å². The van der Waals surface area contributed by atoms with E-state index in [2.05, 4.69) is 214 Å². The van der Waals surface area contributed by atoms with E-state index in [1.165, 1.54) is 69.5 Å². The van der Waals surface area contributed by atoms with Crippen molar-refractivity contribution in [2.75, 3.05) is 0 Å². The van der Waals surface area contributed by atoms with Crippen LogP contribution < -0.4 is 4.74 Å². The van der Waals surface area contributed by atoms with Crippen molar-refractivity contribution in [2.45, 2.75) is 0 Å². The lowest BCUT2D eigenvalue weighted by Gasteiger charge is -2.10. The molecule has 9 aromatic carbocycles. The second-order valence-electron chi connectivity index (χ2n) is 15.3. The van der Waals surface area contributed by atoms with Gasteiger partial charge >= 0.3 is 0 Å². The number of ether oxygens (including phenoxy) is 1. The van der Waals surface area contributed by atoms with Crippen LogP contribution in [0, 0.1) is 0 Å². The fourth-order valence-electron chi connectivity index (χ4n) is 9.53. The summed E-state index contributed by atoms with van der Waals surface area (Å²) in [5, 5.41) is 9.79. The summed E-state index contributed by atoms with van der Waals surface area (Å²) < 4.78 is 16.4. The Bertz CT molecular complexity index is 3770. The van der Waals surface area contributed by atoms with Crippen molar-refractivity contribution in [1.29, 1.82) is 0 Å². The molecule has 0 radical (unpaired) electrons. The Kier molecular flexibility index (Phi) is 6.85. The summed E-state index contributed by atoms with van der Waals surface area (Å²) in [6, 6.07) is 72.1. The summed E-state index contributed by atoms with van der Waals surface area (Å²) in [5.74, 6) is 1.62. The van der Waals surface area contributed by atoms with Gasteiger partial charge in [0.05, 0.1) is 33.1 Å². The lowest BCUT2D eigenvalue weighted by molar-refractivity contribution is 0.484. The van der Waals surface area contributed by atoms with Crippen molar-refractivity contribution in [1.82, 2.24) is 13.7 Å². The van der Waals surface area contributed by atoms with Crippen molar-refractivity contribution in [3.63, 3.8) is 0 Å². The third-order valence-corrected chi connectivity index (χ3v) is 13.2. The minimum absolute atomic E-state index is 0.809. The third-order valence-electron chi connectivity index (χ3n) is 12.1. The molecule has 0 N–H and O–H groups in total. The Labute approximate surface area is 342 Å². The fraction of sp³-hybridized carbons (Fsp3) is 0. The standard InChI is InChI=1S/C54H33N3OS/c1-2-12-34(13-3-1)55-49-20-10-6-16-41(49)43-32-37(24-26-51(43)55)58-38-25-27-52-44(33-38)42-17-7-11-21-50(42)57(52)36-23-29-54-46(31-36)45-30-35(22-28-53(45)59-54)56-47-18-8-4-14-39(47)40-15-5-9-19-48(40)56/h1-33H. The molecule has 276 valence electrons. The first kappa shape index (κ1) is 32.5. The van der Waals surface area contributed by atoms with Crippen molar-refractivity contribution in [2.24, 2.45) is 0 Å². The first-order valence-electron chi connectivity index (χ1n) is 20.0. The van der Waals surface area contributed by atoms with Gasteiger partial charge in [-0.1, -0.05) is 91.0 Å². The molecule has 0 aliphatic heterocycles. The lowest BCUT2D eigenvalue weighted by Crippen LogP contribution is -1.94. The van der Waals surface area contributed by atoms with E-state index < -0.39 is 0 Å². The van der Waals surface area contributed by atoms with E-state index in [4.69, 9.17) is 4.74 Å². The Morgan fingerprint density at radius 1 is 0.271 bits per heavy atom. The maximum atomic E-state index is 6.69. The molecule has 0 bridgehead atoms. The van der Waals surface area contributed by atoms with Gasteiger partial charge in [0.25, 0.3) is 0 Å². The number of thiophene rings is 1. The molecule has 13 aromatic rings. The summed E-state index contributed by atoms with van der Waals surface area (Å²) in [7, 11) is 0. The maximum Gasteiger partial charge on any atom is 0.128 e. The molecule has 0 unspecified atom stereocenters. The van der Waals surface area contributed by atoms with Gasteiger partial charge in [0.1, 0.15) is 11.5 Å². The minimum Gasteiger partial charge on any atom is -0.457 e. The van der Waals surface area contributed by atoms with E-state index in [9.17, 15) is 0 Å². The molecule has 0 fully saturated rings. The van der Waals surface area contributed by atoms with Crippen LogP contribution in [0.4, 0.5) is 0 Å².